The Morgan fingerprint density at radius 3 is 2.57 bits per heavy atom. The molecule has 1 fully saturated rings. The number of rotatable bonds is 6. The van der Waals surface area contributed by atoms with Crippen LogP contribution < -0.4 is 4.74 Å². The standard InChI is InChI=1S/C22H24N4O2/c1-28-22-24-11-17(12-25-22)13-26-9-7-20(14-26)19-6-8-23-21(10-19)18-4-2-16(15-27)3-5-18/h2-6,8,10-12,20,27H,7,9,13-15H2,1H3. The zero-order valence-electron chi connectivity index (χ0n) is 16.0. The van der Waals surface area contributed by atoms with E-state index in [0.717, 1.165) is 48.4 Å². The average molecular weight is 376 g/mol. The number of likely N-dealkylation sites (tertiary alicyclic amines) is 1. The van der Waals surface area contributed by atoms with Crippen molar-refractivity contribution in [3.63, 3.8) is 0 Å². The van der Waals surface area contributed by atoms with E-state index in [4.69, 9.17) is 4.74 Å². The molecule has 1 unspecified atom stereocenters. The van der Waals surface area contributed by atoms with Crippen LogP contribution in [0, 0.1) is 0 Å². The van der Waals surface area contributed by atoms with E-state index in [1.807, 2.05) is 42.9 Å². The summed E-state index contributed by atoms with van der Waals surface area (Å²) >= 11 is 0. The minimum Gasteiger partial charge on any atom is -0.467 e. The summed E-state index contributed by atoms with van der Waals surface area (Å²) in [7, 11) is 1.57. The fourth-order valence-electron chi connectivity index (χ4n) is 3.68. The molecule has 0 amide bonds. The second kappa shape index (κ2) is 8.46. The van der Waals surface area contributed by atoms with Crippen LogP contribution in [-0.2, 0) is 13.2 Å². The van der Waals surface area contributed by atoms with Crippen molar-refractivity contribution in [2.45, 2.75) is 25.5 Å². The molecule has 6 nitrogen and oxygen atoms in total. The van der Waals surface area contributed by atoms with Gasteiger partial charge in [-0.15, -0.1) is 0 Å². The lowest BCUT2D eigenvalue weighted by Crippen LogP contribution is -2.20. The SMILES string of the molecule is COc1ncc(CN2CCC(c3ccnc(-c4ccc(CO)cc4)c3)C2)cn1. The molecule has 0 aliphatic carbocycles. The van der Waals surface area contributed by atoms with E-state index in [2.05, 4.69) is 32.0 Å². The first-order valence-corrected chi connectivity index (χ1v) is 9.48. The van der Waals surface area contributed by atoms with Gasteiger partial charge in [0.25, 0.3) is 0 Å². The van der Waals surface area contributed by atoms with Crippen LogP contribution in [0.1, 0.15) is 29.0 Å². The quantitative estimate of drug-likeness (QED) is 0.713. The highest BCUT2D eigenvalue weighted by Gasteiger charge is 2.24. The maximum atomic E-state index is 9.21. The fraction of sp³-hybridized carbons (Fsp3) is 0.318. The van der Waals surface area contributed by atoms with Crippen LogP contribution >= 0.6 is 0 Å². The number of benzene rings is 1. The van der Waals surface area contributed by atoms with Crippen molar-refractivity contribution in [2.24, 2.45) is 0 Å². The molecular formula is C22H24N4O2. The maximum absolute atomic E-state index is 9.21. The summed E-state index contributed by atoms with van der Waals surface area (Å²) in [6.45, 7) is 2.98. The van der Waals surface area contributed by atoms with Crippen LogP contribution in [0.3, 0.4) is 0 Å². The van der Waals surface area contributed by atoms with E-state index >= 15 is 0 Å². The molecule has 1 N–H and O–H groups in total. The summed E-state index contributed by atoms with van der Waals surface area (Å²) in [5.41, 5.74) is 5.38. The highest BCUT2D eigenvalue weighted by atomic mass is 16.5. The van der Waals surface area contributed by atoms with Gasteiger partial charge in [-0.2, -0.15) is 0 Å². The van der Waals surface area contributed by atoms with Crippen LogP contribution in [0.4, 0.5) is 0 Å². The Kier molecular flexibility index (Phi) is 5.60. The number of hydrogen-bond donors (Lipinski definition) is 1. The highest BCUT2D eigenvalue weighted by Crippen LogP contribution is 2.30. The topological polar surface area (TPSA) is 71.4 Å². The minimum atomic E-state index is 0.0604. The molecule has 0 bridgehead atoms. The fourth-order valence-corrected chi connectivity index (χ4v) is 3.68. The highest BCUT2D eigenvalue weighted by molar-refractivity contribution is 5.60. The van der Waals surface area contributed by atoms with E-state index in [0.29, 0.717) is 11.9 Å². The molecule has 0 spiro atoms. The first-order valence-electron chi connectivity index (χ1n) is 9.48. The van der Waals surface area contributed by atoms with E-state index in [9.17, 15) is 5.11 Å². The molecule has 144 valence electrons. The first kappa shape index (κ1) is 18.5. The lowest BCUT2D eigenvalue weighted by atomic mass is 9.97. The van der Waals surface area contributed by atoms with E-state index < -0.39 is 0 Å². The Labute approximate surface area is 164 Å². The molecule has 1 aliphatic heterocycles. The molecule has 0 saturated carbocycles. The van der Waals surface area contributed by atoms with Gasteiger partial charge >= 0.3 is 6.01 Å². The molecular weight excluding hydrogens is 352 g/mol. The molecule has 1 atom stereocenters. The summed E-state index contributed by atoms with van der Waals surface area (Å²) in [5.74, 6) is 0.498. The minimum absolute atomic E-state index is 0.0604. The number of aliphatic hydroxyl groups is 1. The van der Waals surface area contributed by atoms with Gasteiger partial charge in [-0.25, -0.2) is 9.97 Å². The molecule has 4 rings (SSSR count). The Morgan fingerprint density at radius 1 is 1.07 bits per heavy atom. The lowest BCUT2D eigenvalue weighted by Gasteiger charge is -2.16. The second-order valence-electron chi connectivity index (χ2n) is 7.13. The molecule has 1 saturated heterocycles. The largest absolute Gasteiger partial charge is 0.467 e. The maximum Gasteiger partial charge on any atom is 0.316 e. The Morgan fingerprint density at radius 2 is 1.86 bits per heavy atom. The van der Waals surface area contributed by atoms with Crippen LogP contribution in [-0.4, -0.2) is 45.2 Å². The Balaban J connectivity index is 1.43. The summed E-state index contributed by atoms with van der Waals surface area (Å²) in [4.78, 5) is 15.4. The van der Waals surface area contributed by atoms with Gasteiger partial charge < -0.3 is 9.84 Å². The van der Waals surface area contributed by atoms with E-state index in [1.54, 1.807) is 7.11 Å². The zero-order valence-corrected chi connectivity index (χ0v) is 16.0. The molecule has 3 heterocycles. The number of pyridine rings is 1. The van der Waals surface area contributed by atoms with Crippen molar-refractivity contribution in [1.82, 2.24) is 19.9 Å². The predicted molar refractivity (Wildman–Crippen MR) is 107 cm³/mol. The number of aliphatic hydroxyl groups excluding tert-OH is 1. The first-order chi connectivity index (χ1) is 13.7. The third-order valence-electron chi connectivity index (χ3n) is 5.23. The number of aromatic nitrogens is 3. The Hall–Kier alpha value is -2.83. The summed E-state index contributed by atoms with van der Waals surface area (Å²) < 4.78 is 5.02. The van der Waals surface area contributed by atoms with Gasteiger partial charge in [-0.1, -0.05) is 24.3 Å². The molecule has 1 aromatic carbocycles. The van der Waals surface area contributed by atoms with Crippen molar-refractivity contribution >= 4 is 0 Å². The summed E-state index contributed by atoms with van der Waals surface area (Å²) in [6.07, 6.45) is 6.69. The zero-order chi connectivity index (χ0) is 19.3. The number of methoxy groups -OCH3 is 1. The van der Waals surface area contributed by atoms with E-state index in [1.165, 1.54) is 5.56 Å². The normalized spacial score (nSPS) is 17.0. The molecule has 3 aromatic rings. The van der Waals surface area contributed by atoms with Crippen LogP contribution in [0.15, 0.2) is 55.0 Å². The number of ether oxygens (including phenoxy) is 1. The van der Waals surface area contributed by atoms with Crippen LogP contribution in [0.2, 0.25) is 0 Å². The van der Waals surface area contributed by atoms with Crippen LogP contribution in [0.5, 0.6) is 6.01 Å². The summed E-state index contributed by atoms with van der Waals surface area (Å²) in [5, 5.41) is 9.21. The molecule has 28 heavy (non-hydrogen) atoms. The molecule has 6 heteroatoms. The number of nitrogens with zero attached hydrogens (tertiary/aromatic N) is 4. The predicted octanol–water partition coefficient (Wildman–Crippen LogP) is 3.03. The van der Waals surface area contributed by atoms with Gasteiger partial charge in [0.15, 0.2) is 0 Å². The molecule has 1 aliphatic rings. The summed E-state index contributed by atoms with van der Waals surface area (Å²) in [6, 6.07) is 12.6. The van der Waals surface area contributed by atoms with Gasteiger partial charge in [0.2, 0.25) is 0 Å². The van der Waals surface area contributed by atoms with Gasteiger partial charge in [0.1, 0.15) is 0 Å². The van der Waals surface area contributed by atoms with Crippen molar-refractivity contribution in [2.75, 3.05) is 20.2 Å². The number of hydrogen-bond acceptors (Lipinski definition) is 6. The van der Waals surface area contributed by atoms with Crippen LogP contribution in [0.25, 0.3) is 11.3 Å². The monoisotopic (exact) mass is 376 g/mol. The molecule has 2 aromatic heterocycles. The van der Waals surface area contributed by atoms with Gasteiger partial charge in [0.05, 0.1) is 19.4 Å². The van der Waals surface area contributed by atoms with Crippen molar-refractivity contribution < 1.29 is 9.84 Å². The van der Waals surface area contributed by atoms with Gasteiger partial charge in [0, 0.05) is 42.8 Å². The van der Waals surface area contributed by atoms with Crippen molar-refractivity contribution in [3.05, 3.63) is 71.7 Å². The van der Waals surface area contributed by atoms with Gasteiger partial charge in [-0.3, -0.25) is 9.88 Å². The third-order valence-corrected chi connectivity index (χ3v) is 5.23. The van der Waals surface area contributed by atoms with Crippen molar-refractivity contribution in [1.29, 1.82) is 0 Å². The second-order valence-corrected chi connectivity index (χ2v) is 7.13. The lowest BCUT2D eigenvalue weighted by molar-refractivity contribution is 0.282. The van der Waals surface area contributed by atoms with Gasteiger partial charge in [-0.05, 0) is 42.1 Å². The van der Waals surface area contributed by atoms with Crippen molar-refractivity contribution in [3.8, 4) is 17.3 Å². The molecule has 0 radical (unpaired) electrons. The smallest absolute Gasteiger partial charge is 0.316 e. The average Bonchev–Trinajstić information content (AvgIpc) is 3.23. The third kappa shape index (κ3) is 4.18. The Bertz CT molecular complexity index is 913. The van der Waals surface area contributed by atoms with E-state index in [-0.39, 0.29) is 6.61 Å².